The number of phenolic OH excluding ortho intramolecular Hbond substituents is 1. The molecule has 0 saturated carbocycles. The van der Waals surface area contributed by atoms with E-state index in [1.165, 1.54) is 28.8 Å². The Kier molecular flexibility index (Phi) is 11.5. The van der Waals surface area contributed by atoms with Gasteiger partial charge in [-0.25, -0.2) is 4.79 Å². The molecule has 36 heavy (non-hydrogen) atoms. The number of amides is 3. The Hall–Kier alpha value is -2.79. The summed E-state index contributed by atoms with van der Waals surface area (Å²) in [7, 11) is 0. The lowest BCUT2D eigenvalue weighted by Crippen LogP contribution is -2.59. The third kappa shape index (κ3) is 8.12. The van der Waals surface area contributed by atoms with E-state index in [0.29, 0.717) is 38.0 Å². The van der Waals surface area contributed by atoms with Gasteiger partial charge in [0.05, 0.1) is 6.04 Å². The quantitative estimate of drug-likeness (QED) is 0.257. The standard InChI is InChI=1S/C25H38N4O6S/c1-4-15(2)21(28-22(31)18(26)14-16-7-9-17(30)10-8-16)23(32)27-19(11-13-36-3)24(33)29-12-5-6-20(29)25(34)35/h7-10,15,18-21,30H,4-6,11-14,26H2,1-3H3,(H,27,32)(H,28,31)(H,34,35). The monoisotopic (exact) mass is 522 g/mol. The molecular formula is C25H38N4O6S. The SMILES string of the molecule is CCC(C)C(NC(=O)C(N)Cc1ccc(O)cc1)C(=O)NC(CCSC)C(=O)N1CCCC1C(=O)O. The normalized spacial score (nSPS) is 18.7. The van der Waals surface area contributed by atoms with Gasteiger partial charge in [0, 0.05) is 6.54 Å². The lowest BCUT2D eigenvalue weighted by molar-refractivity contribution is -0.149. The maximum Gasteiger partial charge on any atom is 0.326 e. The average molecular weight is 523 g/mol. The van der Waals surface area contributed by atoms with Gasteiger partial charge in [0.15, 0.2) is 0 Å². The van der Waals surface area contributed by atoms with Crippen molar-refractivity contribution < 1.29 is 29.4 Å². The van der Waals surface area contributed by atoms with Crippen molar-refractivity contribution in [1.29, 1.82) is 0 Å². The first kappa shape index (κ1) is 29.4. The van der Waals surface area contributed by atoms with Crippen molar-refractivity contribution >= 4 is 35.5 Å². The van der Waals surface area contributed by atoms with Crippen molar-refractivity contribution in [3.63, 3.8) is 0 Å². The Balaban J connectivity index is 2.12. The molecule has 2 rings (SSSR count). The molecule has 6 N–H and O–H groups in total. The Morgan fingerprint density at radius 2 is 1.83 bits per heavy atom. The van der Waals surface area contributed by atoms with Crippen LogP contribution in [0.1, 0.15) is 45.1 Å². The summed E-state index contributed by atoms with van der Waals surface area (Å²) in [6.07, 6.45) is 4.03. The number of carbonyl (C=O) groups is 4. The van der Waals surface area contributed by atoms with Gasteiger partial charge in [-0.15, -0.1) is 0 Å². The second-order valence-electron chi connectivity index (χ2n) is 9.22. The van der Waals surface area contributed by atoms with Crippen LogP contribution in [0, 0.1) is 5.92 Å². The molecule has 1 saturated heterocycles. The highest BCUT2D eigenvalue weighted by molar-refractivity contribution is 7.98. The molecule has 1 fully saturated rings. The van der Waals surface area contributed by atoms with Gasteiger partial charge >= 0.3 is 5.97 Å². The second-order valence-corrected chi connectivity index (χ2v) is 10.2. The van der Waals surface area contributed by atoms with E-state index in [9.17, 15) is 29.4 Å². The van der Waals surface area contributed by atoms with Crippen LogP contribution < -0.4 is 16.4 Å². The lowest BCUT2D eigenvalue weighted by Gasteiger charge is -2.30. The van der Waals surface area contributed by atoms with Crippen molar-refractivity contribution in [3.8, 4) is 5.75 Å². The summed E-state index contributed by atoms with van der Waals surface area (Å²) in [5, 5.41) is 24.4. The van der Waals surface area contributed by atoms with Crippen molar-refractivity contribution in [2.24, 2.45) is 11.7 Å². The van der Waals surface area contributed by atoms with Crippen molar-refractivity contribution in [2.45, 2.75) is 70.1 Å². The number of carboxylic acid groups (broad SMARTS) is 1. The van der Waals surface area contributed by atoms with Gasteiger partial charge in [-0.2, -0.15) is 11.8 Å². The molecule has 0 aromatic heterocycles. The largest absolute Gasteiger partial charge is 0.508 e. The molecule has 0 radical (unpaired) electrons. The van der Waals surface area contributed by atoms with E-state index in [1.807, 2.05) is 20.1 Å². The van der Waals surface area contributed by atoms with Gasteiger partial charge in [0.2, 0.25) is 17.7 Å². The van der Waals surface area contributed by atoms with Crippen LogP contribution in [0.15, 0.2) is 24.3 Å². The number of rotatable bonds is 13. The molecule has 11 heteroatoms. The van der Waals surface area contributed by atoms with Crippen LogP contribution in [0.25, 0.3) is 0 Å². The molecule has 10 nitrogen and oxygen atoms in total. The number of carbonyl (C=O) groups excluding carboxylic acids is 3. The molecule has 1 aliphatic heterocycles. The van der Waals surface area contributed by atoms with Gasteiger partial charge in [-0.05, 0) is 61.3 Å². The highest BCUT2D eigenvalue weighted by atomic mass is 32.2. The summed E-state index contributed by atoms with van der Waals surface area (Å²) in [6, 6.07) is 2.76. The first-order valence-electron chi connectivity index (χ1n) is 12.2. The Morgan fingerprint density at radius 1 is 1.17 bits per heavy atom. The van der Waals surface area contributed by atoms with Gasteiger partial charge in [0.1, 0.15) is 23.9 Å². The lowest BCUT2D eigenvalue weighted by atomic mass is 9.96. The van der Waals surface area contributed by atoms with Gasteiger partial charge in [-0.1, -0.05) is 32.4 Å². The highest BCUT2D eigenvalue weighted by Gasteiger charge is 2.38. The van der Waals surface area contributed by atoms with E-state index in [-0.39, 0.29) is 18.1 Å². The fourth-order valence-electron chi connectivity index (χ4n) is 4.18. The van der Waals surface area contributed by atoms with Gasteiger partial charge in [0.25, 0.3) is 0 Å². The number of nitrogens with one attached hydrogen (secondary N) is 2. The van der Waals surface area contributed by atoms with Crippen LogP contribution >= 0.6 is 11.8 Å². The number of carboxylic acids is 1. The zero-order valence-electron chi connectivity index (χ0n) is 21.1. The summed E-state index contributed by atoms with van der Waals surface area (Å²) in [5.41, 5.74) is 6.86. The van der Waals surface area contributed by atoms with Crippen LogP contribution in [0.5, 0.6) is 5.75 Å². The van der Waals surface area contributed by atoms with Crippen molar-refractivity contribution in [1.82, 2.24) is 15.5 Å². The molecular weight excluding hydrogens is 484 g/mol. The molecule has 5 atom stereocenters. The fraction of sp³-hybridized carbons (Fsp3) is 0.600. The number of phenols is 1. The summed E-state index contributed by atoms with van der Waals surface area (Å²) < 4.78 is 0. The average Bonchev–Trinajstić information content (AvgIpc) is 3.35. The molecule has 1 aliphatic rings. The number of aromatic hydroxyl groups is 1. The van der Waals surface area contributed by atoms with E-state index >= 15 is 0 Å². The van der Waals surface area contributed by atoms with Gasteiger partial charge in [-0.3, -0.25) is 14.4 Å². The fourth-order valence-corrected chi connectivity index (χ4v) is 4.65. The Morgan fingerprint density at radius 3 is 2.42 bits per heavy atom. The third-order valence-electron chi connectivity index (χ3n) is 6.57. The van der Waals surface area contributed by atoms with Crippen LogP contribution in [-0.2, 0) is 25.6 Å². The minimum atomic E-state index is -1.05. The summed E-state index contributed by atoms with van der Waals surface area (Å²) in [6.45, 7) is 4.06. The number of nitrogens with two attached hydrogens (primary N) is 1. The first-order valence-corrected chi connectivity index (χ1v) is 13.6. The zero-order chi connectivity index (χ0) is 26.8. The van der Waals surface area contributed by atoms with Crippen molar-refractivity contribution in [3.05, 3.63) is 29.8 Å². The number of hydrogen-bond donors (Lipinski definition) is 5. The number of nitrogens with zero attached hydrogens (tertiary/aromatic N) is 1. The Bertz CT molecular complexity index is 912. The smallest absolute Gasteiger partial charge is 0.326 e. The van der Waals surface area contributed by atoms with Crippen LogP contribution in [0.4, 0.5) is 0 Å². The first-order chi connectivity index (χ1) is 17.1. The van der Waals surface area contributed by atoms with E-state index in [4.69, 9.17) is 5.73 Å². The molecule has 1 heterocycles. The second kappa shape index (κ2) is 14.1. The number of hydrogen-bond acceptors (Lipinski definition) is 7. The molecule has 1 aromatic rings. The van der Waals surface area contributed by atoms with Crippen LogP contribution in [0.3, 0.4) is 0 Å². The van der Waals surface area contributed by atoms with Crippen LogP contribution in [-0.4, -0.2) is 81.5 Å². The molecule has 0 aliphatic carbocycles. The van der Waals surface area contributed by atoms with E-state index in [1.54, 1.807) is 12.1 Å². The third-order valence-corrected chi connectivity index (χ3v) is 7.21. The van der Waals surface area contributed by atoms with Crippen molar-refractivity contribution in [2.75, 3.05) is 18.6 Å². The number of aliphatic carboxylic acids is 1. The summed E-state index contributed by atoms with van der Waals surface area (Å²) in [5.74, 6) is -1.99. The number of likely N-dealkylation sites (tertiary alicyclic amines) is 1. The predicted molar refractivity (Wildman–Crippen MR) is 138 cm³/mol. The van der Waals surface area contributed by atoms with E-state index in [2.05, 4.69) is 10.6 Å². The molecule has 0 bridgehead atoms. The maximum absolute atomic E-state index is 13.3. The molecule has 1 aromatic carbocycles. The number of thioether (sulfide) groups is 1. The van der Waals surface area contributed by atoms with E-state index in [0.717, 1.165) is 5.56 Å². The van der Waals surface area contributed by atoms with Gasteiger partial charge < -0.3 is 31.5 Å². The predicted octanol–water partition coefficient (Wildman–Crippen LogP) is 1.11. The summed E-state index contributed by atoms with van der Waals surface area (Å²) in [4.78, 5) is 52.3. The summed E-state index contributed by atoms with van der Waals surface area (Å²) >= 11 is 1.52. The Labute approximate surface area is 216 Å². The minimum Gasteiger partial charge on any atom is -0.508 e. The molecule has 3 amide bonds. The minimum absolute atomic E-state index is 0.111. The maximum atomic E-state index is 13.3. The molecule has 5 unspecified atom stereocenters. The topological polar surface area (TPSA) is 162 Å². The number of benzene rings is 1. The molecule has 0 spiro atoms. The zero-order valence-corrected chi connectivity index (χ0v) is 21.9. The molecule has 200 valence electrons. The van der Waals surface area contributed by atoms with E-state index < -0.39 is 47.9 Å². The highest BCUT2D eigenvalue weighted by Crippen LogP contribution is 2.20. The van der Waals surface area contributed by atoms with Crippen LogP contribution in [0.2, 0.25) is 0 Å².